The molecule has 2 nitrogen and oxygen atoms in total. The number of hydrogen-bond donors (Lipinski definition) is 1. The van der Waals surface area contributed by atoms with E-state index in [9.17, 15) is 0 Å². The first-order chi connectivity index (χ1) is 9.17. The first-order valence-electron chi connectivity index (χ1n) is 7.44. The first kappa shape index (κ1) is 14.7. The van der Waals surface area contributed by atoms with E-state index in [4.69, 9.17) is 11.6 Å². The van der Waals surface area contributed by atoms with Gasteiger partial charge in [-0.25, -0.2) is 0 Å². The fourth-order valence-electron chi connectivity index (χ4n) is 2.47. The van der Waals surface area contributed by atoms with Crippen LogP contribution in [-0.2, 0) is 6.54 Å². The predicted molar refractivity (Wildman–Crippen MR) is 84.1 cm³/mol. The van der Waals surface area contributed by atoms with E-state index in [1.165, 1.54) is 24.1 Å². The van der Waals surface area contributed by atoms with Gasteiger partial charge in [0, 0.05) is 41.4 Å². The molecule has 1 saturated carbocycles. The summed E-state index contributed by atoms with van der Waals surface area (Å²) in [6.07, 6.45) is 3.77. The van der Waals surface area contributed by atoms with Crippen LogP contribution in [0.3, 0.4) is 0 Å². The van der Waals surface area contributed by atoms with E-state index < -0.39 is 0 Å². The molecular weight excluding hydrogens is 256 g/mol. The van der Waals surface area contributed by atoms with Gasteiger partial charge in [0.2, 0.25) is 0 Å². The topological polar surface area (TPSA) is 15.3 Å². The molecule has 1 aromatic carbocycles. The summed E-state index contributed by atoms with van der Waals surface area (Å²) >= 11 is 6.42. The summed E-state index contributed by atoms with van der Waals surface area (Å²) in [6, 6.07) is 7.51. The van der Waals surface area contributed by atoms with E-state index in [1.807, 2.05) is 6.07 Å². The molecule has 3 heteroatoms. The molecule has 1 aromatic rings. The summed E-state index contributed by atoms with van der Waals surface area (Å²) in [7, 11) is 0. The third-order valence-corrected chi connectivity index (χ3v) is 4.37. The molecular formula is C16H25ClN2. The zero-order valence-electron chi connectivity index (χ0n) is 12.2. The molecule has 0 aliphatic heterocycles. The van der Waals surface area contributed by atoms with Gasteiger partial charge in [-0.05, 0) is 45.2 Å². The minimum atomic E-state index is 0.545. The molecule has 106 valence electrons. The summed E-state index contributed by atoms with van der Waals surface area (Å²) in [5, 5.41) is 4.46. The SMILES string of the molecule is CCC(C)N(CC)c1cccc(Cl)c1CNC1CC1. The van der Waals surface area contributed by atoms with Gasteiger partial charge in [0.05, 0.1) is 0 Å². The lowest BCUT2D eigenvalue weighted by Gasteiger charge is -2.32. The zero-order valence-corrected chi connectivity index (χ0v) is 13.0. The Hall–Kier alpha value is -0.730. The van der Waals surface area contributed by atoms with Crippen molar-refractivity contribution in [3.8, 4) is 0 Å². The monoisotopic (exact) mass is 280 g/mol. The van der Waals surface area contributed by atoms with Gasteiger partial charge < -0.3 is 10.2 Å². The lowest BCUT2D eigenvalue weighted by molar-refractivity contribution is 0.621. The molecule has 0 aromatic heterocycles. The predicted octanol–water partition coefficient (Wildman–Crippen LogP) is 4.22. The highest BCUT2D eigenvalue weighted by Crippen LogP contribution is 2.30. The van der Waals surface area contributed by atoms with Gasteiger partial charge in [0.25, 0.3) is 0 Å². The number of benzene rings is 1. The first-order valence-corrected chi connectivity index (χ1v) is 7.82. The van der Waals surface area contributed by atoms with Crippen LogP contribution < -0.4 is 10.2 Å². The lowest BCUT2D eigenvalue weighted by atomic mass is 10.1. The van der Waals surface area contributed by atoms with Crippen molar-refractivity contribution in [3.05, 3.63) is 28.8 Å². The highest BCUT2D eigenvalue weighted by atomic mass is 35.5. The average molecular weight is 281 g/mol. The van der Waals surface area contributed by atoms with E-state index in [2.05, 4.69) is 43.1 Å². The van der Waals surface area contributed by atoms with Crippen molar-refractivity contribution in [1.29, 1.82) is 0 Å². The third-order valence-electron chi connectivity index (χ3n) is 4.01. The highest BCUT2D eigenvalue weighted by Gasteiger charge is 2.22. The Bertz CT molecular complexity index is 415. The molecule has 1 aliphatic carbocycles. The minimum Gasteiger partial charge on any atom is -0.369 e. The van der Waals surface area contributed by atoms with Crippen LogP contribution in [0.4, 0.5) is 5.69 Å². The Morgan fingerprint density at radius 1 is 1.37 bits per heavy atom. The summed E-state index contributed by atoms with van der Waals surface area (Å²) < 4.78 is 0. The van der Waals surface area contributed by atoms with Crippen LogP contribution in [0.5, 0.6) is 0 Å². The number of nitrogens with zero attached hydrogens (tertiary/aromatic N) is 1. The van der Waals surface area contributed by atoms with Crippen molar-refractivity contribution < 1.29 is 0 Å². The summed E-state index contributed by atoms with van der Waals surface area (Å²) in [4.78, 5) is 2.45. The Labute approximate surface area is 122 Å². The fourth-order valence-corrected chi connectivity index (χ4v) is 2.70. The maximum atomic E-state index is 6.42. The van der Waals surface area contributed by atoms with Crippen molar-refractivity contribution in [1.82, 2.24) is 5.32 Å². The lowest BCUT2D eigenvalue weighted by Crippen LogP contribution is -2.33. The number of halogens is 1. The van der Waals surface area contributed by atoms with Crippen molar-refractivity contribution in [3.63, 3.8) is 0 Å². The number of hydrogen-bond acceptors (Lipinski definition) is 2. The quantitative estimate of drug-likeness (QED) is 0.805. The molecule has 0 saturated heterocycles. The summed E-state index contributed by atoms with van der Waals surface area (Å²) in [6.45, 7) is 8.63. The summed E-state index contributed by atoms with van der Waals surface area (Å²) in [5.41, 5.74) is 2.54. The molecule has 19 heavy (non-hydrogen) atoms. The van der Waals surface area contributed by atoms with E-state index >= 15 is 0 Å². The molecule has 0 radical (unpaired) electrons. The number of nitrogens with one attached hydrogen (secondary N) is 1. The molecule has 0 amide bonds. The molecule has 0 heterocycles. The molecule has 0 bridgehead atoms. The van der Waals surface area contributed by atoms with Crippen LogP contribution in [0.25, 0.3) is 0 Å². The average Bonchev–Trinajstić information content (AvgIpc) is 3.22. The Morgan fingerprint density at radius 3 is 2.68 bits per heavy atom. The van der Waals surface area contributed by atoms with Crippen molar-refractivity contribution in [2.75, 3.05) is 11.4 Å². The van der Waals surface area contributed by atoms with Gasteiger partial charge >= 0.3 is 0 Å². The summed E-state index contributed by atoms with van der Waals surface area (Å²) in [5.74, 6) is 0. The molecule has 1 aliphatic rings. The van der Waals surface area contributed by atoms with E-state index in [1.54, 1.807) is 0 Å². The van der Waals surface area contributed by atoms with Gasteiger partial charge in [-0.2, -0.15) is 0 Å². The van der Waals surface area contributed by atoms with Gasteiger partial charge in [0.1, 0.15) is 0 Å². The van der Waals surface area contributed by atoms with Crippen LogP contribution in [0.2, 0.25) is 5.02 Å². The third kappa shape index (κ3) is 3.64. The Kier molecular flexibility index (Phi) is 5.12. The molecule has 0 spiro atoms. The van der Waals surface area contributed by atoms with Crippen LogP contribution in [-0.4, -0.2) is 18.6 Å². The van der Waals surface area contributed by atoms with E-state index in [0.717, 1.165) is 24.5 Å². The standard InChI is InChI=1S/C16H25ClN2/c1-4-12(3)19(5-2)16-8-6-7-15(17)14(16)11-18-13-9-10-13/h6-8,12-13,18H,4-5,9-11H2,1-3H3. The Balaban J connectivity index is 2.23. The second-order valence-corrected chi connectivity index (χ2v) is 5.84. The van der Waals surface area contributed by atoms with Crippen LogP contribution in [0.1, 0.15) is 45.6 Å². The smallest absolute Gasteiger partial charge is 0.0471 e. The number of rotatable bonds is 7. The van der Waals surface area contributed by atoms with E-state index in [0.29, 0.717) is 12.1 Å². The molecule has 1 N–H and O–H groups in total. The van der Waals surface area contributed by atoms with Gasteiger partial charge in [-0.3, -0.25) is 0 Å². The van der Waals surface area contributed by atoms with Gasteiger partial charge in [-0.15, -0.1) is 0 Å². The largest absolute Gasteiger partial charge is 0.369 e. The molecule has 1 atom stereocenters. The molecule has 1 unspecified atom stereocenters. The maximum Gasteiger partial charge on any atom is 0.0471 e. The van der Waals surface area contributed by atoms with Crippen LogP contribution in [0, 0.1) is 0 Å². The second-order valence-electron chi connectivity index (χ2n) is 5.44. The van der Waals surface area contributed by atoms with Gasteiger partial charge in [-0.1, -0.05) is 24.6 Å². The highest BCUT2D eigenvalue weighted by molar-refractivity contribution is 6.31. The Morgan fingerprint density at radius 2 is 2.11 bits per heavy atom. The molecule has 2 rings (SSSR count). The van der Waals surface area contributed by atoms with Gasteiger partial charge in [0.15, 0.2) is 0 Å². The van der Waals surface area contributed by atoms with E-state index in [-0.39, 0.29) is 0 Å². The van der Waals surface area contributed by atoms with Crippen LogP contribution >= 0.6 is 11.6 Å². The normalized spacial score (nSPS) is 16.4. The van der Waals surface area contributed by atoms with Crippen molar-refractivity contribution >= 4 is 17.3 Å². The fraction of sp³-hybridized carbons (Fsp3) is 0.625. The van der Waals surface area contributed by atoms with Crippen molar-refractivity contribution in [2.24, 2.45) is 0 Å². The van der Waals surface area contributed by atoms with Crippen LogP contribution in [0.15, 0.2) is 18.2 Å². The zero-order chi connectivity index (χ0) is 13.8. The second kappa shape index (κ2) is 6.62. The maximum absolute atomic E-state index is 6.42. The minimum absolute atomic E-state index is 0.545. The van der Waals surface area contributed by atoms with Crippen molar-refractivity contribution in [2.45, 2.75) is 58.7 Å². The number of anilines is 1. The molecule has 1 fully saturated rings.